The van der Waals surface area contributed by atoms with E-state index in [0.29, 0.717) is 24.6 Å². The zero-order valence-corrected chi connectivity index (χ0v) is 17.8. The molecule has 152 valence electrons. The summed E-state index contributed by atoms with van der Waals surface area (Å²) < 4.78 is 33.3. The summed E-state index contributed by atoms with van der Waals surface area (Å²) in [6.07, 6.45) is 0. The molecule has 0 aliphatic heterocycles. The van der Waals surface area contributed by atoms with Gasteiger partial charge in [-0.25, -0.2) is 8.42 Å². The second-order valence-corrected chi connectivity index (χ2v) is 9.34. The van der Waals surface area contributed by atoms with Crippen LogP contribution in [0.2, 0.25) is 0 Å². The van der Waals surface area contributed by atoms with E-state index < -0.39 is 10.0 Å². The van der Waals surface area contributed by atoms with Crippen LogP contribution >= 0.6 is 11.3 Å². The third-order valence-corrected chi connectivity index (χ3v) is 6.42. The Morgan fingerprint density at radius 1 is 1.07 bits per heavy atom. The van der Waals surface area contributed by atoms with E-state index in [1.807, 2.05) is 26.0 Å². The van der Waals surface area contributed by atoms with Gasteiger partial charge in [-0.05, 0) is 68.4 Å². The maximum Gasteiger partial charge on any atom is 0.261 e. The standard InChI is InChI=1S/C21H22N2O4S2/c1-3-27-18-10-8-17(9-11-18)23-29(25,26)20-6-4-5-16(13-20)21(24)22-14-19-12-7-15(2)28-19/h4-13,23H,3,14H2,1-2H3,(H,22,24). The summed E-state index contributed by atoms with van der Waals surface area (Å²) in [5, 5.41) is 2.82. The molecule has 0 saturated carbocycles. The molecule has 6 nitrogen and oxygen atoms in total. The minimum atomic E-state index is -3.83. The number of rotatable bonds is 8. The molecule has 0 fully saturated rings. The van der Waals surface area contributed by atoms with Gasteiger partial charge in [-0.2, -0.15) is 0 Å². The van der Waals surface area contributed by atoms with Gasteiger partial charge in [0.15, 0.2) is 0 Å². The van der Waals surface area contributed by atoms with Crippen molar-refractivity contribution < 1.29 is 17.9 Å². The van der Waals surface area contributed by atoms with Gasteiger partial charge in [-0.15, -0.1) is 11.3 Å². The zero-order chi connectivity index (χ0) is 20.9. The van der Waals surface area contributed by atoms with E-state index in [0.717, 1.165) is 4.88 Å². The van der Waals surface area contributed by atoms with Crippen molar-refractivity contribution in [3.05, 3.63) is 76.0 Å². The molecule has 0 radical (unpaired) electrons. The lowest BCUT2D eigenvalue weighted by Gasteiger charge is -2.10. The SMILES string of the molecule is CCOc1ccc(NS(=O)(=O)c2cccc(C(=O)NCc3ccc(C)s3)c2)cc1. The number of amides is 1. The van der Waals surface area contributed by atoms with Crippen LogP contribution < -0.4 is 14.8 Å². The monoisotopic (exact) mass is 430 g/mol. The van der Waals surface area contributed by atoms with Crippen molar-refractivity contribution in [3.8, 4) is 5.75 Å². The minimum Gasteiger partial charge on any atom is -0.494 e. The molecule has 0 atom stereocenters. The first-order valence-corrected chi connectivity index (χ1v) is 11.4. The first-order chi connectivity index (χ1) is 13.9. The van der Waals surface area contributed by atoms with Crippen molar-refractivity contribution in [2.75, 3.05) is 11.3 Å². The molecule has 0 bridgehead atoms. The molecule has 1 heterocycles. The number of benzene rings is 2. The maximum absolute atomic E-state index is 12.7. The fourth-order valence-electron chi connectivity index (χ4n) is 2.65. The van der Waals surface area contributed by atoms with Crippen LogP contribution in [0.25, 0.3) is 0 Å². The Labute approximate surface area is 174 Å². The lowest BCUT2D eigenvalue weighted by molar-refractivity contribution is 0.0951. The number of aryl methyl sites for hydroxylation is 1. The van der Waals surface area contributed by atoms with E-state index in [1.54, 1.807) is 47.7 Å². The number of hydrogen-bond donors (Lipinski definition) is 2. The largest absolute Gasteiger partial charge is 0.494 e. The van der Waals surface area contributed by atoms with E-state index in [1.165, 1.54) is 17.0 Å². The predicted molar refractivity (Wildman–Crippen MR) is 115 cm³/mol. The average Bonchev–Trinajstić information content (AvgIpc) is 3.13. The molecule has 3 aromatic rings. The summed E-state index contributed by atoms with van der Waals surface area (Å²) in [7, 11) is -3.83. The molecule has 3 rings (SSSR count). The Hall–Kier alpha value is -2.84. The van der Waals surface area contributed by atoms with Gasteiger partial charge in [-0.3, -0.25) is 9.52 Å². The van der Waals surface area contributed by atoms with Crippen molar-refractivity contribution in [2.45, 2.75) is 25.3 Å². The summed E-state index contributed by atoms with van der Waals surface area (Å²) in [4.78, 5) is 14.7. The van der Waals surface area contributed by atoms with Crippen molar-refractivity contribution in [1.82, 2.24) is 5.32 Å². The van der Waals surface area contributed by atoms with E-state index in [2.05, 4.69) is 10.0 Å². The molecule has 2 aromatic carbocycles. The Morgan fingerprint density at radius 3 is 2.48 bits per heavy atom. The number of carbonyl (C=O) groups excluding carboxylic acids is 1. The lowest BCUT2D eigenvalue weighted by atomic mass is 10.2. The van der Waals surface area contributed by atoms with E-state index >= 15 is 0 Å². The molecular weight excluding hydrogens is 408 g/mol. The Morgan fingerprint density at radius 2 is 1.83 bits per heavy atom. The molecule has 0 aliphatic rings. The highest BCUT2D eigenvalue weighted by Gasteiger charge is 2.17. The fourth-order valence-corrected chi connectivity index (χ4v) is 4.59. The maximum atomic E-state index is 12.7. The van der Waals surface area contributed by atoms with Crippen LogP contribution in [0.1, 0.15) is 27.0 Å². The number of hydrogen-bond acceptors (Lipinski definition) is 5. The quantitative estimate of drug-likeness (QED) is 0.561. The number of anilines is 1. The molecule has 0 aliphatic carbocycles. The topological polar surface area (TPSA) is 84.5 Å². The number of ether oxygens (including phenoxy) is 1. The van der Waals surface area contributed by atoms with Gasteiger partial charge >= 0.3 is 0 Å². The normalized spacial score (nSPS) is 11.1. The zero-order valence-electron chi connectivity index (χ0n) is 16.1. The van der Waals surface area contributed by atoms with Crippen LogP contribution in [0.5, 0.6) is 5.75 Å². The third-order valence-electron chi connectivity index (χ3n) is 4.04. The van der Waals surface area contributed by atoms with Crippen LogP contribution in [0.3, 0.4) is 0 Å². The predicted octanol–water partition coefficient (Wildman–Crippen LogP) is 4.19. The highest BCUT2D eigenvalue weighted by atomic mass is 32.2. The Kier molecular flexibility index (Phi) is 6.56. The van der Waals surface area contributed by atoms with Crippen LogP contribution in [-0.4, -0.2) is 20.9 Å². The minimum absolute atomic E-state index is 0.0194. The molecule has 0 saturated heterocycles. The van der Waals surface area contributed by atoms with E-state index in [-0.39, 0.29) is 16.4 Å². The average molecular weight is 431 g/mol. The van der Waals surface area contributed by atoms with Crippen molar-refractivity contribution >= 4 is 33.0 Å². The van der Waals surface area contributed by atoms with Crippen molar-refractivity contribution in [3.63, 3.8) is 0 Å². The summed E-state index contributed by atoms with van der Waals surface area (Å²) >= 11 is 1.61. The van der Waals surface area contributed by atoms with Crippen LogP contribution in [0.4, 0.5) is 5.69 Å². The van der Waals surface area contributed by atoms with Crippen molar-refractivity contribution in [2.24, 2.45) is 0 Å². The summed E-state index contributed by atoms with van der Waals surface area (Å²) in [6.45, 7) is 4.81. The van der Waals surface area contributed by atoms with Crippen LogP contribution in [-0.2, 0) is 16.6 Å². The highest BCUT2D eigenvalue weighted by Crippen LogP contribution is 2.20. The second-order valence-electron chi connectivity index (χ2n) is 6.29. The molecule has 0 spiro atoms. The van der Waals surface area contributed by atoms with Gasteiger partial charge in [0.25, 0.3) is 15.9 Å². The third kappa shape index (κ3) is 5.58. The highest BCUT2D eigenvalue weighted by molar-refractivity contribution is 7.92. The van der Waals surface area contributed by atoms with Gasteiger partial charge in [-0.1, -0.05) is 6.07 Å². The molecule has 1 aromatic heterocycles. The first-order valence-electron chi connectivity index (χ1n) is 9.06. The van der Waals surface area contributed by atoms with E-state index in [4.69, 9.17) is 4.74 Å². The molecule has 1 amide bonds. The van der Waals surface area contributed by atoms with Gasteiger partial charge in [0.1, 0.15) is 5.75 Å². The molecule has 0 unspecified atom stereocenters. The van der Waals surface area contributed by atoms with Gasteiger partial charge < -0.3 is 10.1 Å². The number of carbonyl (C=O) groups is 1. The summed E-state index contributed by atoms with van der Waals surface area (Å²) in [5.41, 5.74) is 0.698. The lowest BCUT2D eigenvalue weighted by Crippen LogP contribution is -2.23. The number of nitrogens with one attached hydrogen (secondary N) is 2. The van der Waals surface area contributed by atoms with Crippen LogP contribution in [0.15, 0.2) is 65.6 Å². The molecule has 8 heteroatoms. The number of thiophene rings is 1. The smallest absolute Gasteiger partial charge is 0.261 e. The Bertz CT molecular complexity index is 1090. The molecule has 2 N–H and O–H groups in total. The van der Waals surface area contributed by atoms with Gasteiger partial charge in [0.05, 0.1) is 18.0 Å². The Balaban J connectivity index is 1.70. The molecule has 29 heavy (non-hydrogen) atoms. The molecular formula is C21H22N2O4S2. The fraction of sp³-hybridized carbons (Fsp3) is 0.190. The van der Waals surface area contributed by atoms with Crippen molar-refractivity contribution in [1.29, 1.82) is 0 Å². The summed E-state index contributed by atoms with van der Waals surface area (Å²) in [6, 6.07) is 16.6. The summed E-state index contributed by atoms with van der Waals surface area (Å²) in [5.74, 6) is 0.337. The second kappa shape index (κ2) is 9.11. The number of sulfonamides is 1. The van der Waals surface area contributed by atoms with Gasteiger partial charge in [0, 0.05) is 21.0 Å². The van der Waals surface area contributed by atoms with Gasteiger partial charge in [0.2, 0.25) is 0 Å². The van der Waals surface area contributed by atoms with E-state index in [9.17, 15) is 13.2 Å². The first kappa shape index (κ1) is 20.9. The van der Waals surface area contributed by atoms with Crippen LogP contribution in [0, 0.1) is 6.92 Å².